The molecular formula is C19H21NO5S. The molecule has 0 bridgehead atoms. The van der Waals surface area contributed by atoms with Gasteiger partial charge in [-0.2, -0.15) is 0 Å². The summed E-state index contributed by atoms with van der Waals surface area (Å²) < 4.78 is 5.20. The zero-order chi connectivity index (χ0) is 19.3. The van der Waals surface area contributed by atoms with E-state index in [1.807, 2.05) is 36.4 Å². The van der Waals surface area contributed by atoms with Gasteiger partial charge in [0.05, 0.1) is 13.0 Å². The molecule has 7 heteroatoms. The molecule has 2 rings (SSSR count). The molecule has 2 aromatic rings. The Bertz CT molecular complexity index is 836. The lowest BCUT2D eigenvalue weighted by atomic mass is 9.99. The van der Waals surface area contributed by atoms with Crippen LogP contribution in [0.3, 0.4) is 0 Å². The second-order valence-electron chi connectivity index (χ2n) is 5.92. The largest absolute Gasteiger partial charge is 0.497 e. The third-order valence-electron chi connectivity index (χ3n) is 3.99. The number of methoxy groups -OCH3 is 1. The minimum Gasteiger partial charge on any atom is -0.497 e. The van der Waals surface area contributed by atoms with Crippen LogP contribution in [0.4, 0.5) is 0 Å². The van der Waals surface area contributed by atoms with Gasteiger partial charge < -0.3 is 15.2 Å². The number of aliphatic carboxylic acids is 1. The average Bonchev–Trinajstić information content (AvgIpc) is 2.62. The number of hydrogen-bond donors (Lipinski definition) is 2. The molecule has 0 saturated heterocycles. The predicted octanol–water partition coefficient (Wildman–Crippen LogP) is 2.80. The van der Waals surface area contributed by atoms with E-state index >= 15 is 0 Å². The Morgan fingerprint density at radius 3 is 2.42 bits per heavy atom. The van der Waals surface area contributed by atoms with Crippen molar-refractivity contribution in [2.24, 2.45) is 0 Å². The normalized spacial score (nSPS) is 13.0. The van der Waals surface area contributed by atoms with Gasteiger partial charge in [0.2, 0.25) is 5.91 Å². The van der Waals surface area contributed by atoms with Crippen molar-refractivity contribution in [3.05, 3.63) is 42.0 Å². The van der Waals surface area contributed by atoms with Gasteiger partial charge in [0, 0.05) is 12.7 Å². The fourth-order valence-electron chi connectivity index (χ4n) is 2.49. The molecule has 0 fully saturated rings. The number of hydrogen-bond acceptors (Lipinski definition) is 5. The van der Waals surface area contributed by atoms with Crippen LogP contribution in [0.1, 0.15) is 25.3 Å². The van der Waals surface area contributed by atoms with Crippen LogP contribution in [0, 0.1) is 0 Å². The Labute approximate surface area is 155 Å². The Morgan fingerprint density at radius 1 is 1.15 bits per heavy atom. The highest BCUT2D eigenvalue weighted by molar-refractivity contribution is 8.13. The van der Waals surface area contributed by atoms with E-state index in [2.05, 4.69) is 5.32 Å². The Morgan fingerprint density at radius 2 is 1.81 bits per heavy atom. The van der Waals surface area contributed by atoms with Gasteiger partial charge in [-0.05, 0) is 28.5 Å². The van der Waals surface area contributed by atoms with Gasteiger partial charge in [-0.1, -0.05) is 43.0 Å². The smallest absolute Gasteiger partial charge is 0.327 e. The summed E-state index contributed by atoms with van der Waals surface area (Å²) in [5.41, 5.74) is 0.853. The molecule has 2 aromatic carbocycles. The van der Waals surface area contributed by atoms with Crippen LogP contribution in [0.15, 0.2) is 36.4 Å². The highest BCUT2D eigenvalue weighted by Crippen LogP contribution is 2.28. The molecule has 0 saturated carbocycles. The van der Waals surface area contributed by atoms with Crippen molar-refractivity contribution in [2.45, 2.75) is 25.8 Å². The number of carboxylic acids is 1. The first kappa shape index (κ1) is 19.8. The molecule has 2 N–H and O–H groups in total. The number of fused-ring (bicyclic) bond motifs is 1. The number of carbonyl (C=O) groups is 3. The maximum absolute atomic E-state index is 12.4. The van der Waals surface area contributed by atoms with Crippen molar-refractivity contribution >= 4 is 39.5 Å². The highest BCUT2D eigenvalue weighted by atomic mass is 32.2. The quantitative estimate of drug-likeness (QED) is 0.773. The van der Waals surface area contributed by atoms with Crippen LogP contribution in [0.25, 0.3) is 10.8 Å². The van der Waals surface area contributed by atoms with E-state index in [0.29, 0.717) is 0 Å². The lowest BCUT2D eigenvalue weighted by Crippen LogP contribution is -2.41. The molecule has 0 unspecified atom stereocenters. The standard InChI is InChI=1S/C19H21NO5S/c1-11(19(24)26-10-17(18(22)23)20-12(2)21)13-4-5-15-9-16(25-3)7-6-14(15)8-13/h4-9,11,17H,10H2,1-3H3,(H,20,21)(H,22,23)/t11-,17-/m0/s1. The molecule has 0 aliphatic carbocycles. The van der Waals surface area contributed by atoms with Gasteiger partial charge in [0.1, 0.15) is 11.8 Å². The zero-order valence-electron chi connectivity index (χ0n) is 14.8. The number of carbonyl (C=O) groups excluding carboxylic acids is 2. The van der Waals surface area contributed by atoms with Crippen molar-refractivity contribution in [1.82, 2.24) is 5.32 Å². The van der Waals surface area contributed by atoms with Crippen LogP contribution in [-0.4, -0.2) is 41.0 Å². The minimum atomic E-state index is -1.16. The maximum atomic E-state index is 12.4. The van der Waals surface area contributed by atoms with Crippen molar-refractivity contribution < 1.29 is 24.2 Å². The first-order valence-electron chi connectivity index (χ1n) is 8.06. The molecule has 6 nitrogen and oxygen atoms in total. The predicted molar refractivity (Wildman–Crippen MR) is 102 cm³/mol. The number of benzene rings is 2. The SMILES string of the molecule is COc1ccc2cc([C@H](C)C(=O)SC[C@H](NC(C)=O)C(=O)O)ccc2c1. The van der Waals surface area contributed by atoms with Gasteiger partial charge in [-0.25, -0.2) is 4.79 Å². The van der Waals surface area contributed by atoms with E-state index in [1.54, 1.807) is 14.0 Å². The summed E-state index contributed by atoms with van der Waals surface area (Å²) in [5, 5.41) is 13.3. The van der Waals surface area contributed by atoms with E-state index in [9.17, 15) is 14.4 Å². The molecule has 1 amide bonds. The summed E-state index contributed by atoms with van der Waals surface area (Å²) in [4.78, 5) is 34.6. The third-order valence-corrected chi connectivity index (χ3v) is 5.13. The molecule has 0 heterocycles. The maximum Gasteiger partial charge on any atom is 0.327 e. The van der Waals surface area contributed by atoms with Gasteiger partial charge >= 0.3 is 5.97 Å². The van der Waals surface area contributed by atoms with Crippen molar-refractivity contribution in [1.29, 1.82) is 0 Å². The summed E-state index contributed by atoms with van der Waals surface area (Å²) in [7, 11) is 1.61. The van der Waals surface area contributed by atoms with Gasteiger partial charge in [0.25, 0.3) is 0 Å². The topological polar surface area (TPSA) is 92.7 Å². The number of amides is 1. The van der Waals surface area contributed by atoms with Crippen molar-refractivity contribution in [2.75, 3.05) is 12.9 Å². The van der Waals surface area contributed by atoms with Crippen LogP contribution >= 0.6 is 11.8 Å². The van der Waals surface area contributed by atoms with Crippen LogP contribution < -0.4 is 10.1 Å². The number of ether oxygens (including phenoxy) is 1. The van der Waals surface area contributed by atoms with Gasteiger partial charge in [-0.3, -0.25) is 9.59 Å². The van der Waals surface area contributed by atoms with Crippen LogP contribution in [-0.2, 0) is 14.4 Å². The number of thioether (sulfide) groups is 1. The minimum absolute atomic E-state index is 0.0110. The van der Waals surface area contributed by atoms with Crippen LogP contribution in [0.2, 0.25) is 0 Å². The number of rotatable bonds is 7. The fourth-order valence-corrected chi connectivity index (χ4v) is 3.43. The average molecular weight is 375 g/mol. The fraction of sp³-hybridized carbons (Fsp3) is 0.316. The number of nitrogens with one attached hydrogen (secondary N) is 1. The zero-order valence-corrected chi connectivity index (χ0v) is 15.6. The molecule has 0 spiro atoms. The summed E-state index contributed by atoms with van der Waals surface area (Å²) in [6.07, 6.45) is 0. The van der Waals surface area contributed by atoms with E-state index in [0.717, 1.165) is 33.8 Å². The molecule has 138 valence electrons. The van der Waals surface area contributed by atoms with E-state index in [4.69, 9.17) is 9.84 Å². The molecule has 0 radical (unpaired) electrons. The second-order valence-corrected chi connectivity index (χ2v) is 6.94. The second kappa shape index (κ2) is 8.71. The first-order valence-corrected chi connectivity index (χ1v) is 9.04. The van der Waals surface area contributed by atoms with Crippen molar-refractivity contribution in [3.63, 3.8) is 0 Å². The molecule has 0 aliphatic rings. The van der Waals surface area contributed by atoms with E-state index in [-0.39, 0.29) is 10.9 Å². The summed E-state index contributed by atoms with van der Waals surface area (Å²) in [6, 6.07) is 10.4. The summed E-state index contributed by atoms with van der Waals surface area (Å²) >= 11 is 0.915. The lowest BCUT2D eigenvalue weighted by Gasteiger charge is -2.15. The Hall–Kier alpha value is -2.54. The molecule has 0 aromatic heterocycles. The number of carboxylic acid groups (broad SMARTS) is 1. The Kier molecular flexibility index (Phi) is 6.63. The van der Waals surface area contributed by atoms with Gasteiger partial charge in [-0.15, -0.1) is 0 Å². The lowest BCUT2D eigenvalue weighted by molar-refractivity contribution is -0.140. The van der Waals surface area contributed by atoms with E-state index in [1.165, 1.54) is 6.92 Å². The first-order chi connectivity index (χ1) is 12.3. The van der Waals surface area contributed by atoms with Crippen LogP contribution in [0.5, 0.6) is 5.75 Å². The molecule has 2 atom stereocenters. The van der Waals surface area contributed by atoms with Crippen molar-refractivity contribution in [3.8, 4) is 5.75 Å². The third kappa shape index (κ3) is 4.98. The molecular weight excluding hydrogens is 354 g/mol. The molecule has 0 aliphatic heterocycles. The Balaban J connectivity index is 2.08. The summed E-state index contributed by atoms with van der Waals surface area (Å²) in [5.74, 6) is -1.24. The van der Waals surface area contributed by atoms with Gasteiger partial charge in [0.15, 0.2) is 5.12 Å². The molecule has 26 heavy (non-hydrogen) atoms. The van der Waals surface area contributed by atoms with E-state index < -0.39 is 23.8 Å². The highest BCUT2D eigenvalue weighted by Gasteiger charge is 2.23. The monoisotopic (exact) mass is 375 g/mol. The summed E-state index contributed by atoms with van der Waals surface area (Å²) in [6.45, 7) is 3.03.